The molecule has 1 atom stereocenters. The van der Waals surface area contributed by atoms with E-state index in [4.69, 9.17) is 0 Å². The highest BCUT2D eigenvalue weighted by Gasteiger charge is 2.28. The first kappa shape index (κ1) is 14.0. The van der Waals surface area contributed by atoms with Crippen LogP contribution in [0, 0.1) is 11.8 Å². The maximum atomic E-state index is 3.64. The van der Waals surface area contributed by atoms with Crippen LogP contribution in [-0.2, 0) is 0 Å². The number of hydrogen-bond acceptors (Lipinski definition) is 1. The van der Waals surface area contributed by atoms with Gasteiger partial charge in [-0.15, -0.1) is 0 Å². The summed E-state index contributed by atoms with van der Waals surface area (Å²) in [5.74, 6) is 1.88. The van der Waals surface area contributed by atoms with Gasteiger partial charge in [0.1, 0.15) is 0 Å². The molecule has 0 aromatic rings. The quantitative estimate of drug-likeness (QED) is 0.678. The molecule has 16 heavy (non-hydrogen) atoms. The van der Waals surface area contributed by atoms with Crippen molar-refractivity contribution in [2.45, 2.75) is 77.7 Å². The normalized spacial score (nSPS) is 20.2. The van der Waals surface area contributed by atoms with E-state index in [1.807, 2.05) is 0 Å². The van der Waals surface area contributed by atoms with Gasteiger partial charge in [-0.25, -0.2) is 0 Å². The maximum Gasteiger partial charge on any atom is 0.0121 e. The molecule has 1 unspecified atom stereocenters. The first-order valence-corrected chi connectivity index (χ1v) is 7.50. The fourth-order valence-corrected chi connectivity index (χ4v) is 3.59. The fraction of sp³-hybridized carbons (Fsp3) is 1.00. The van der Waals surface area contributed by atoms with E-state index in [-0.39, 0.29) is 0 Å². The lowest BCUT2D eigenvalue weighted by atomic mass is 9.76. The van der Waals surface area contributed by atoms with Crippen LogP contribution in [0.1, 0.15) is 71.6 Å². The Morgan fingerprint density at radius 1 is 1.00 bits per heavy atom. The topological polar surface area (TPSA) is 12.0 Å². The molecule has 0 aromatic heterocycles. The van der Waals surface area contributed by atoms with Gasteiger partial charge in [0.2, 0.25) is 0 Å². The standard InChI is InChI=1S/C15H31N/c1-4-9-13(10-5-2)15(16-3)14-11-7-6-8-12-14/h13-16H,4-12H2,1-3H3. The van der Waals surface area contributed by atoms with E-state index in [0.717, 1.165) is 17.9 Å². The minimum atomic E-state index is 0.792. The molecular weight excluding hydrogens is 194 g/mol. The summed E-state index contributed by atoms with van der Waals surface area (Å²) in [5.41, 5.74) is 0. The van der Waals surface area contributed by atoms with Crippen LogP contribution in [0.3, 0.4) is 0 Å². The second kappa shape index (κ2) is 8.11. The Bertz CT molecular complexity index is 155. The molecule has 1 rings (SSSR count). The Hall–Kier alpha value is -0.0400. The molecule has 0 heterocycles. The highest BCUT2D eigenvalue weighted by Crippen LogP contribution is 2.32. The van der Waals surface area contributed by atoms with E-state index in [0.29, 0.717) is 0 Å². The van der Waals surface area contributed by atoms with Crippen LogP contribution in [0.15, 0.2) is 0 Å². The summed E-state index contributed by atoms with van der Waals surface area (Å²) < 4.78 is 0. The Labute approximate surface area is 102 Å². The third kappa shape index (κ3) is 4.08. The second-order valence-electron chi connectivity index (χ2n) is 5.55. The zero-order valence-electron chi connectivity index (χ0n) is 11.6. The molecule has 0 saturated heterocycles. The van der Waals surface area contributed by atoms with Crippen LogP contribution < -0.4 is 5.32 Å². The van der Waals surface area contributed by atoms with Crippen molar-refractivity contribution in [1.82, 2.24) is 5.32 Å². The predicted octanol–water partition coefficient (Wildman–Crippen LogP) is 4.37. The smallest absolute Gasteiger partial charge is 0.0121 e. The van der Waals surface area contributed by atoms with E-state index in [9.17, 15) is 0 Å². The zero-order chi connectivity index (χ0) is 11.8. The van der Waals surface area contributed by atoms with Gasteiger partial charge in [0, 0.05) is 6.04 Å². The molecule has 0 aromatic carbocycles. The van der Waals surface area contributed by atoms with Crippen LogP contribution >= 0.6 is 0 Å². The van der Waals surface area contributed by atoms with Crippen molar-refractivity contribution in [2.75, 3.05) is 7.05 Å². The van der Waals surface area contributed by atoms with Crippen LogP contribution in [0.4, 0.5) is 0 Å². The summed E-state index contributed by atoms with van der Waals surface area (Å²) in [6.45, 7) is 4.66. The lowest BCUT2D eigenvalue weighted by molar-refractivity contribution is 0.197. The van der Waals surface area contributed by atoms with Gasteiger partial charge in [0.15, 0.2) is 0 Å². The summed E-state index contributed by atoms with van der Waals surface area (Å²) in [4.78, 5) is 0. The van der Waals surface area contributed by atoms with Gasteiger partial charge in [0.25, 0.3) is 0 Å². The Balaban J connectivity index is 2.52. The summed E-state index contributed by atoms with van der Waals surface area (Å²) in [5, 5.41) is 3.64. The third-order valence-corrected chi connectivity index (χ3v) is 4.32. The number of nitrogens with one attached hydrogen (secondary N) is 1. The average molecular weight is 225 g/mol. The molecule has 0 bridgehead atoms. The Morgan fingerprint density at radius 3 is 2.00 bits per heavy atom. The molecular formula is C15H31N. The molecule has 1 nitrogen and oxygen atoms in total. The third-order valence-electron chi connectivity index (χ3n) is 4.32. The summed E-state index contributed by atoms with van der Waals surface area (Å²) in [6.07, 6.45) is 12.8. The number of rotatable bonds is 7. The monoisotopic (exact) mass is 225 g/mol. The first-order chi connectivity index (χ1) is 7.83. The molecule has 0 radical (unpaired) electrons. The average Bonchev–Trinajstić information content (AvgIpc) is 2.32. The van der Waals surface area contributed by atoms with Crippen molar-refractivity contribution in [2.24, 2.45) is 11.8 Å². The molecule has 1 aliphatic carbocycles. The van der Waals surface area contributed by atoms with Crippen LogP contribution in [0.5, 0.6) is 0 Å². The van der Waals surface area contributed by atoms with Crippen molar-refractivity contribution >= 4 is 0 Å². The lowest BCUT2D eigenvalue weighted by Gasteiger charge is -2.36. The summed E-state index contributed by atoms with van der Waals surface area (Å²) >= 11 is 0. The molecule has 0 amide bonds. The van der Waals surface area contributed by atoms with Crippen LogP contribution in [0.25, 0.3) is 0 Å². The molecule has 1 aliphatic rings. The molecule has 1 N–H and O–H groups in total. The minimum absolute atomic E-state index is 0.792. The van der Waals surface area contributed by atoms with Crippen LogP contribution in [0.2, 0.25) is 0 Å². The van der Waals surface area contributed by atoms with Crippen molar-refractivity contribution in [1.29, 1.82) is 0 Å². The molecule has 1 fully saturated rings. The van der Waals surface area contributed by atoms with Crippen molar-refractivity contribution in [3.63, 3.8) is 0 Å². The Kier molecular flexibility index (Phi) is 7.11. The first-order valence-electron chi connectivity index (χ1n) is 7.50. The van der Waals surface area contributed by atoms with E-state index in [1.54, 1.807) is 0 Å². The predicted molar refractivity (Wildman–Crippen MR) is 72.7 cm³/mol. The zero-order valence-corrected chi connectivity index (χ0v) is 11.6. The van der Waals surface area contributed by atoms with Crippen LogP contribution in [-0.4, -0.2) is 13.1 Å². The van der Waals surface area contributed by atoms with Crippen molar-refractivity contribution in [3.8, 4) is 0 Å². The van der Waals surface area contributed by atoms with Gasteiger partial charge in [-0.3, -0.25) is 0 Å². The van der Waals surface area contributed by atoms with Crippen molar-refractivity contribution in [3.05, 3.63) is 0 Å². The molecule has 0 spiro atoms. The molecule has 1 heteroatoms. The van der Waals surface area contributed by atoms with E-state index >= 15 is 0 Å². The van der Waals surface area contributed by atoms with Gasteiger partial charge in [-0.2, -0.15) is 0 Å². The maximum absolute atomic E-state index is 3.64. The van der Waals surface area contributed by atoms with Gasteiger partial charge in [-0.05, 0) is 44.6 Å². The van der Waals surface area contributed by atoms with Crippen molar-refractivity contribution < 1.29 is 0 Å². The van der Waals surface area contributed by atoms with E-state index < -0.39 is 0 Å². The van der Waals surface area contributed by atoms with Gasteiger partial charge in [0.05, 0.1) is 0 Å². The summed E-state index contributed by atoms with van der Waals surface area (Å²) in [6, 6.07) is 0.792. The minimum Gasteiger partial charge on any atom is -0.316 e. The van der Waals surface area contributed by atoms with E-state index in [1.165, 1.54) is 57.8 Å². The fourth-order valence-electron chi connectivity index (χ4n) is 3.59. The molecule has 96 valence electrons. The van der Waals surface area contributed by atoms with Gasteiger partial charge >= 0.3 is 0 Å². The Morgan fingerprint density at radius 2 is 1.56 bits per heavy atom. The van der Waals surface area contributed by atoms with Gasteiger partial charge < -0.3 is 5.32 Å². The molecule has 1 saturated carbocycles. The van der Waals surface area contributed by atoms with E-state index in [2.05, 4.69) is 26.2 Å². The highest BCUT2D eigenvalue weighted by molar-refractivity contribution is 4.83. The molecule has 0 aliphatic heterocycles. The second-order valence-corrected chi connectivity index (χ2v) is 5.55. The highest BCUT2D eigenvalue weighted by atomic mass is 14.9. The number of hydrogen-bond donors (Lipinski definition) is 1. The SMILES string of the molecule is CCCC(CCC)C(NC)C1CCCCC1. The van der Waals surface area contributed by atoms with Gasteiger partial charge in [-0.1, -0.05) is 46.0 Å². The largest absolute Gasteiger partial charge is 0.316 e. The lowest BCUT2D eigenvalue weighted by Crippen LogP contribution is -2.41. The summed E-state index contributed by atoms with van der Waals surface area (Å²) in [7, 11) is 2.18.